The largest absolute Gasteiger partial charge is 0.431 e. The zero-order chi connectivity index (χ0) is 8.20. The molecule has 0 aromatic heterocycles. The minimum atomic E-state index is -0.248. The van der Waals surface area contributed by atoms with Gasteiger partial charge in [-0.05, 0) is 0 Å². The Kier molecular flexibility index (Phi) is 6.13. The third-order valence-electron chi connectivity index (χ3n) is 0.818. The predicted octanol–water partition coefficient (Wildman–Crippen LogP) is 0.801. The smallest absolute Gasteiger partial charge is 0.366 e. The maximum absolute atomic E-state index is 10.7. The fourth-order valence-corrected chi connectivity index (χ4v) is 0.518. The summed E-state index contributed by atoms with van der Waals surface area (Å²) in [6, 6.07) is 0. The van der Waals surface area contributed by atoms with Crippen LogP contribution in [0.15, 0.2) is 12.8 Å². The molecule has 0 atom stereocenters. The van der Waals surface area contributed by atoms with Crippen LogP contribution in [-0.2, 0) is 9.53 Å². The van der Waals surface area contributed by atoms with Gasteiger partial charge in [0.05, 0.1) is 27.4 Å². The molecule has 0 bridgehead atoms. The molecular formula is C7H15ClNO2+. The highest BCUT2D eigenvalue weighted by Gasteiger charge is 2.13. The molecule has 66 valence electrons. The molecular weight excluding hydrogens is 166 g/mol. The summed E-state index contributed by atoms with van der Waals surface area (Å²) in [6.45, 7) is 3.65. The van der Waals surface area contributed by atoms with Crippen LogP contribution >= 0.6 is 12.4 Å². The van der Waals surface area contributed by atoms with Crippen molar-refractivity contribution in [1.82, 2.24) is 0 Å². The molecule has 0 saturated heterocycles. The Morgan fingerprint density at radius 1 is 1.55 bits per heavy atom. The monoisotopic (exact) mass is 180 g/mol. The Morgan fingerprint density at radius 3 is 2.27 bits per heavy atom. The average Bonchev–Trinajstić information content (AvgIpc) is 1.59. The molecule has 0 aliphatic rings. The predicted molar refractivity (Wildman–Crippen MR) is 46.4 cm³/mol. The first-order valence-electron chi connectivity index (χ1n) is 3.06. The third-order valence-corrected chi connectivity index (χ3v) is 0.818. The number of likely N-dealkylation sites (N-methyl/N-ethyl adjacent to an activating group) is 1. The number of esters is 1. The van der Waals surface area contributed by atoms with E-state index in [0.717, 1.165) is 6.26 Å². The molecule has 0 aromatic carbocycles. The highest BCUT2D eigenvalue weighted by molar-refractivity contribution is 5.85. The Bertz CT molecular complexity index is 140. The Balaban J connectivity index is 0. The van der Waals surface area contributed by atoms with Crippen LogP contribution in [0.25, 0.3) is 0 Å². The summed E-state index contributed by atoms with van der Waals surface area (Å²) >= 11 is 0. The zero-order valence-electron chi connectivity index (χ0n) is 7.16. The van der Waals surface area contributed by atoms with Crippen molar-refractivity contribution in [2.24, 2.45) is 0 Å². The van der Waals surface area contributed by atoms with Crippen molar-refractivity contribution in [3.05, 3.63) is 12.8 Å². The van der Waals surface area contributed by atoms with Crippen LogP contribution in [0.5, 0.6) is 0 Å². The normalized spacial score (nSPS) is 9.73. The van der Waals surface area contributed by atoms with Crippen molar-refractivity contribution in [1.29, 1.82) is 0 Å². The summed E-state index contributed by atoms with van der Waals surface area (Å²) in [4.78, 5) is 10.7. The van der Waals surface area contributed by atoms with Gasteiger partial charge in [-0.15, -0.1) is 12.4 Å². The zero-order valence-corrected chi connectivity index (χ0v) is 7.98. The SMILES string of the molecule is C=COC(=O)C[N+](C)(C)C.Cl. The molecule has 0 aliphatic carbocycles. The second kappa shape index (κ2) is 5.16. The number of carbonyl (C=O) groups is 1. The molecule has 11 heavy (non-hydrogen) atoms. The van der Waals surface area contributed by atoms with Gasteiger partial charge < -0.3 is 9.22 Å². The summed E-state index contributed by atoms with van der Waals surface area (Å²) in [6.07, 6.45) is 1.15. The lowest BCUT2D eigenvalue weighted by atomic mass is 10.5. The van der Waals surface area contributed by atoms with Crippen molar-refractivity contribution >= 4 is 18.4 Å². The summed E-state index contributed by atoms with van der Waals surface area (Å²) in [5.41, 5.74) is 0. The van der Waals surface area contributed by atoms with Crippen molar-refractivity contribution in [3.63, 3.8) is 0 Å². The number of nitrogens with zero attached hydrogens (tertiary/aromatic N) is 1. The number of hydrogen-bond acceptors (Lipinski definition) is 2. The standard InChI is InChI=1S/C7H14NO2.ClH/c1-5-10-7(9)6-8(2,3)4;/h5H,1,6H2,2-4H3;1H/q+1;. The Morgan fingerprint density at radius 2 is 2.00 bits per heavy atom. The summed E-state index contributed by atoms with van der Waals surface area (Å²) in [5, 5.41) is 0. The Labute approximate surface area is 73.6 Å². The van der Waals surface area contributed by atoms with Gasteiger partial charge in [-0.3, -0.25) is 0 Å². The number of rotatable bonds is 3. The Hall–Kier alpha value is -0.540. The van der Waals surface area contributed by atoms with Gasteiger partial charge >= 0.3 is 5.97 Å². The molecule has 4 heteroatoms. The third kappa shape index (κ3) is 9.46. The van der Waals surface area contributed by atoms with E-state index in [1.54, 1.807) is 0 Å². The van der Waals surface area contributed by atoms with Crippen molar-refractivity contribution in [2.45, 2.75) is 0 Å². The lowest BCUT2D eigenvalue weighted by Gasteiger charge is -2.21. The van der Waals surface area contributed by atoms with Gasteiger partial charge in [0.1, 0.15) is 0 Å². The lowest BCUT2D eigenvalue weighted by molar-refractivity contribution is -0.862. The van der Waals surface area contributed by atoms with Crippen LogP contribution in [0.1, 0.15) is 0 Å². The van der Waals surface area contributed by atoms with Crippen LogP contribution in [0.4, 0.5) is 0 Å². The highest BCUT2D eigenvalue weighted by Crippen LogP contribution is 1.90. The maximum atomic E-state index is 10.7. The van der Waals surface area contributed by atoms with E-state index in [-0.39, 0.29) is 18.4 Å². The van der Waals surface area contributed by atoms with Gasteiger partial charge in [-0.2, -0.15) is 0 Å². The van der Waals surface area contributed by atoms with E-state index in [9.17, 15) is 4.79 Å². The van der Waals surface area contributed by atoms with E-state index in [2.05, 4.69) is 11.3 Å². The molecule has 0 aromatic rings. The summed E-state index contributed by atoms with van der Waals surface area (Å²) in [7, 11) is 5.76. The van der Waals surface area contributed by atoms with E-state index < -0.39 is 0 Å². The second-order valence-corrected chi connectivity index (χ2v) is 3.10. The van der Waals surface area contributed by atoms with Gasteiger partial charge in [0, 0.05) is 0 Å². The number of carbonyl (C=O) groups excluding carboxylic acids is 1. The van der Waals surface area contributed by atoms with E-state index in [1.165, 1.54) is 0 Å². The molecule has 0 heterocycles. The first kappa shape index (κ1) is 13.1. The van der Waals surface area contributed by atoms with E-state index >= 15 is 0 Å². The number of halogens is 1. The minimum absolute atomic E-state index is 0. The number of ether oxygens (including phenoxy) is 1. The van der Waals surface area contributed by atoms with Gasteiger partial charge in [0.25, 0.3) is 0 Å². The van der Waals surface area contributed by atoms with E-state index in [4.69, 9.17) is 0 Å². The van der Waals surface area contributed by atoms with Crippen LogP contribution < -0.4 is 0 Å². The first-order chi connectivity index (χ1) is 4.45. The lowest BCUT2D eigenvalue weighted by Crippen LogP contribution is -2.39. The molecule has 0 N–H and O–H groups in total. The average molecular weight is 181 g/mol. The van der Waals surface area contributed by atoms with Crippen molar-refractivity contribution < 1.29 is 14.0 Å². The van der Waals surface area contributed by atoms with Crippen LogP contribution in [0.2, 0.25) is 0 Å². The molecule has 0 spiro atoms. The summed E-state index contributed by atoms with van der Waals surface area (Å²) in [5.74, 6) is -0.248. The first-order valence-corrected chi connectivity index (χ1v) is 3.06. The molecule has 0 radical (unpaired) electrons. The molecule has 0 amide bonds. The highest BCUT2D eigenvalue weighted by atomic mass is 35.5. The van der Waals surface area contributed by atoms with Crippen molar-refractivity contribution in [2.75, 3.05) is 27.7 Å². The molecule has 0 fully saturated rings. The summed E-state index contributed by atoms with van der Waals surface area (Å²) < 4.78 is 5.10. The van der Waals surface area contributed by atoms with Crippen LogP contribution in [-0.4, -0.2) is 38.1 Å². The molecule has 3 nitrogen and oxygen atoms in total. The van der Waals surface area contributed by atoms with E-state index in [1.807, 2.05) is 21.1 Å². The van der Waals surface area contributed by atoms with Gasteiger partial charge in [0.15, 0.2) is 6.54 Å². The fourth-order valence-electron chi connectivity index (χ4n) is 0.518. The van der Waals surface area contributed by atoms with E-state index in [0.29, 0.717) is 11.0 Å². The van der Waals surface area contributed by atoms with Gasteiger partial charge in [-0.1, -0.05) is 6.58 Å². The fraction of sp³-hybridized carbons (Fsp3) is 0.571. The molecule has 0 rings (SSSR count). The number of quaternary nitrogens is 1. The molecule has 0 unspecified atom stereocenters. The maximum Gasteiger partial charge on any atom is 0.366 e. The number of hydrogen-bond donors (Lipinski definition) is 0. The molecule has 0 aliphatic heterocycles. The second-order valence-electron chi connectivity index (χ2n) is 3.10. The topological polar surface area (TPSA) is 26.3 Å². The minimum Gasteiger partial charge on any atom is -0.431 e. The molecule has 0 saturated carbocycles. The van der Waals surface area contributed by atoms with Gasteiger partial charge in [0.2, 0.25) is 0 Å². The van der Waals surface area contributed by atoms with Crippen molar-refractivity contribution in [3.8, 4) is 0 Å². The quantitative estimate of drug-likeness (QED) is 0.365. The van der Waals surface area contributed by atoms with Gasteiger partial charge in [-0.25, -0.2) is 4.79 Å². The van der Waals surface area contributed by atoms with Crippen LogP contribution in [0.3, 0.4) is 0 Å². The van der Waals surface area contributed by atoms with Crippen LogP contribution in [0, 0.1) is 0 Å².